The molecule has 168 valence electrons. The van der Waals surface area contributed by atoms with Crippen LogP contribution >= 0.6 is 0 Å². The average Bonchev–Trinajstić information content (AvgIpc) is 2.84. The molecular formula is C26H32N4O2. The molecule has 0 saturated carbocycles. The lowest BCUT2D eigenvalue weighted by molar-refractivity contribution is -0.125. The van der Waals surface area contributed by atoms with Gasteiger partial charge in [-0.05, 0) is 49.2 Å². The van der Waals surface area contributed by atoms with Gasteiger partial charge in [-0.25, -0.2) is 0 Å². The normalized spacial score (nSPS) is 13.8. The summed E-state index contributed by atoms with van der Waals surface area (Å²) in [5, 5.41) is 11.8. The van der Waals surface area contributed by atoms with E-state index < -0.39 is 0 Å². The number of anilines is 1. The SMILES string of the molecule is N#CCCN(C(=O)CCC(=O)NCc1ccc(CN2CCCCC2)cc1)c1ccccc1. The van der Waals surface area contributed by atoms with E-state index in [2.05, 4.69) is 40.6 Å². The second-order valence-electron chi connectivity index (χ2n) is 8.22. The summed E-state index contributed by atoms with van der Waals surface area (Å²) in [6.07, 6.45) is 4.40. The highest BCUT2D eigenvalue weighted by atomic mass is 16.2. The number of nitrogens with zero attached hydrogens (tertiary/aromatic N) is 3. The maximum Gasteiger partial charge on any atom is 0.227 e. The Labute approximate surface area is 190 Å². The van der Waals surface area contributed by atoms with Gasteiger partial charge in [0.1, 0.15) is 0 Å². The molecule has 0 bridgehead atoms. The molecule has 1 heterocycles. The minimum Gasteiger partial charge on any atom is -0.352 e. The zero-order valence-corrected chi connectivity index (χ0v) is 18.6. The molecule has 1 saturated heterocycles. The molecule has 0 atom stereocenters. The molecule has 2 aromatic carbocycles. The third-order valence-corrected chi connectivity index (χ3v) is 5.75. The average molecular weight is 433 g/mol. The molecule has 0 spiro atoms. The van der Waals surface area contributed by atoms with Gasteiger partial charge in [-0.1, -0.05) is 48.9 Å². The van der Waals surface area contributed by atoms with Gasteiger partial charge >= 0.3 is 0 Å². The minimum absolute atomic E-state index is 0.112. The highest BCUT2D eigenvalue weighted by Crippen LogP contribution is 2.16. The van der Waals surface area contributed by atoms with Gasteiger partial charge in [-0.15, -0.1) is 0 Å². The second kappa shape index (κ2) is 12.6. The van der Waals surface area contributed by atoms with E-state index in [4.69, 9.17) is 5.26 Å². The van der Waals surface area contributed by atoms with E-state index in [-0.39, 0.29) is 31.1 Å². The molecule has 0 radical (unpaired) electrons. The van der Waals surface area contributed by atoms with Crippen LogP contribution < -0.4 is 10.2 Å². The van der Waals surface area contributed by atoms with Crippen molar-refractivity contribution in [2.75, 3.05) is 24.5 Å². The van der Waals surface area contributed by atoms with Crippen LogP contribution in [0.5, 0.6) is 0 Å². The molecule has 0 aromatic heterocycles. The number of para-hydroxylation sites is 1. The Morgan fingerprint density at radius 1 is 0.938 bits per heavy atom. The minimum atomic E-state index is -0.149. The summed E-state index contributed by atoms with van der Waals surface area (Å²) in [6, 6.07) is 19.7. The molecule has 1 aliphatic heterocycles. The van der Waals surface area contributed by atoms with Crippen LogP contribution in [0.4, 0.5) is 5.69 Å². The summed E-state index contributed by atoms with van der Waals surface area (Å²) >= 11 is 0. The Bertz CT molecular complexity index is 900. The lowest BCUT2D eigenvalue weighted by Crippen LogP contribution is -2.33. The first-order valence-corrected chi connectivity index (χ1v) is 11.4. The predicted molar refractivity (Wildman–Crippen MR) is 126 cm³/mol. The van der Waals surface area contributed by atoms with Gasteiger partial charge in [0.25, 0.3) is 0 Å². The maximum absolute atomic E-state index is 12.7. The van der Waals surface area contributed by atoms with Crippen LogP contribution in [0.25, 0.3) is 0 Å². The second-order valence-corrected chi connectivity index (χ2v) is 8.22. The Hall–Kier alpha value is -3.17. The molecule has 2 aromatic rings. The third kappa shape index (κ3) is 7.51. The van der Waals surface area contributed by atoms with Gasteiger partial charge in [-0.3, -0.25) is 14.5 Å². The maximum atomic E-state index is 12.7. The first-order chi connectivity index (χ1) is 15.7. The monoisotopic (exact) mass is 432 g/mol. The molecule has 0 unspecified atom stereocenters. The van der Waals surface area contributed by atoms with Crippen molar-refractivity contribution in [2.24, 2.45) is 0 Å². The lowest BCUT2D eigenvalue weighted by Gasteiger charge is -2.26. The van der Waals surface area contributed by atoms with Gasteiger partial charge < -0.3 is 10.2 Å². The molecule has 2 amide bonds. The van der Waals surface area contributed by atoms with Crippen molar-refractivity contribution < 1.29 is 9.59 Å². The van der Waals surface area contributed by atoms with E-state index in [9.17, 15) is 9.59 Å². The molecule has 1 aliphatic rings. The zero-order valence-electron chi connectivity index (χ0n) is 18.6. The van der Waals surface area contributed by atoms with Crippen molar-refractivity contribution in [3.63, 3.8) is 0 Å². The van der Waals surface area contributed by atoms with Gasteiger partial charge in [0.2, 0.25) is 11.8 Å². The van der Waals surface area contributed by atoms with Crippen molar-refractivity contribution in [1.82, 2.24) is 10.2 Å². The summed E-state index contributed by atoms with van der Waals surface area (Å²) in [6.45, 7) is 4.11. The number of piperidine rings is 1. The number of nitrogens with one attached hydrogen (secondary N) is 1. The molecule has 6 nitrogen and oxygen atoms in total. The Morgan fingerprint density at radius 3 is 2.31 bits per heavy atom. The lowest BCUT2D eigenvalue weighted by atomic mass is 10.1. The van der Waals surface area contributed by atoms with Crippen LogP contribution in [0.15, 0.2) is 54.6 Å². The van der Waals surface area contributed by atoms with E-state index in [1.165, 1.54) is 37.9 Å². The fourth-order valence-electron chi connectivity index (χ4n) is 3.95. The first kappa shape index (κ1) is 23.5. The molecule has 3 rings (SSSR count). The number of amides is 2. The van der Waals surface area contributed by atoms with E-state index in [1.807, 2.05) is 30.3 Å². The highest BCUT2D eigenvalue weighted by Gasteiger charge is 2.16. The van der Waals surface area contributed by atoms with E-state index >= 15 is 0 Å². The molecule has 32 heavy (non-hydrogen) atoms. The number of carbonyl (C=O) groups excluding carboxylic acids is 2. The Balaban J connectivity index is 1.42. The number of rotatable bonds is 10. The van der Waals surface area contributed by atoms with Gasteiger partial charge in [0.15, 0.2) is 0 Å². The van der Waals surface area contributed by atoms with Crippen molar-refractivity contribution in [3.8, 4) is 6.07 Å². The number of hydrogen-bond acceptors (Lipinski definition) is 4. The number of hydrogen-bond donors (Lipinski definition) is 1. The largest absolute Gasteiger partial charge is 0.352 e. The van der Waals surface area contributed by atoms with Gasteiger partial charge in [0, 0.05) is 38.2 Å². The van der Waals surface area contributed by atoms with Crippen molar-refractivity contribution in [3.05, 3.63) is 65.7 Å². The van der Waals surface area contributed by atoms with E-state index in [0.717, 1.165) is 17.8 Å². The van der Waals surface area contributed by atoms with Gasteiger partial charge in [0.05, 0.1) is 12.5 Å². The standard InChI is InChI=1S/C26H32N4O2/c27-16-7-19-30(24-8-3-1-4-9-24)26(32)15-14-25(31)28-20-22-10-12-23(13-11-22)21-29-17-5-2-6-18-29/h1,3-4,8-13H,2,5-7,14-15,17-21H2,(H,28,31). The van der Waals surface area contributed by atoms with E-state index in [1.54, 1.807) is 4.90 Å². The number of nitriles is 1. The molecule has 1 fully saturated rings. The summed E-state index contributed by atoms with van der Waals surface area (Å²) < 4.78 is 0. The van der Waals surface area contributed by atoms with Crippen LogP contribution in [-0.2, 0) is 22.7 Å². The van der Waals surface area contributed by atoms with Crippen molar-refractivity contribution in [1.29, 1.82) is 5.26 Å². The summed E-state index contributed by atoms with van der Waals surface area (Å²) in [5.41, 5.74) is 3.09. The Kier molecular flexibility index (Phi) is 9.27. The summed E-state index contributed by atoms with van der Waals surface area (Å²) in [4.78, 5) is 29.0. The van der Waals surface area contributed by atoms with Crippen LogP contribution in [0.2, 0.25) is 0 Å². The summed E-state index contributed by atoms with van der Waals surface area (Å²) in [5.74, 6) is -0.298. The fraction of sp³-hybridized carbons (Fsp3) is 0.423. The first-order valence-electron chi connectivity index (χ1n) is 11.4. The molecular weight excluding hydrogens is 400 g/mol. The summed E-state index contributed by atoms with van der Waals surface area (Å²) in [7, 11) is 0. The van der Waals surface area contributed by atoms with Crippen molar-refractivity contribution >= 4 is 17.5 Å². The van der Waals surface area contributed by atoms with Crippen LogP contribution in [0.1, 0.15) is 49.7 Å². The van der Waals surface area contributed by atoms with Crippen LogP contribution in [0.3, 0.4) is 0 Å². The zero-order chi connectivity index (χ0) is 22.6. The number of likely N-dealkylation sites (tertiary alicyclic amines) is 1. The predicted octanol–water partition coefficient (Wildman–Crippen LogP) is 4.02. The smallest absolute Gasteiger partial charge is 0.227 e. The van der Waals surface area contributed by atoms with Crippen LogP contribution in [-0.4, -0.2) is 36.3 Å². The highest BCUT2D eigenvalue weighted by molar-refractivity contribution is 5.95. The number of benzene rings is 2. The topological polar surface area (TPSA) is 76.4 Å². The molecule has 1 N–H and O–H groups in total. The van der Waals surface area contributed by atoms with Crippen molar-refractivity contribution in [2.45, 2.75) is 51.6 Å². The fourth-order valence-corrected chi connectivity index (χ4v) is 3.95. The molecule has 6 heteroatoms. The molecule has 0 aliphatic carbocycles. The van der Waals surface area contributed by atoms with Gasteiger partial charge in [-0.2, -0.15) is 5.26 Å². The van der Waals surface area contributed by atoms with Crippen LogP contribution in [0, 0.1) is 11.3 Å². The quantitative estimate of drug-likeness (QED) is 0.615. The van der Waals surface area contributed by atoms with E-state index in [0.29, 0.717) is 13.1 Å². The number of carbonyl (C=O) groups is 2. The third-order valence-electron chi connectivity index (χ3n) is 5.75. The Morgan fingerprint density at radius 2 is 1.62 bits per heavy atom.